The average Bonchev–Trinajstić information content (AvgIpc) is 1.12. The van der Waals surface area contributed by atoms with Crippen molar-refractivity contribution < 1.29 is 75.9 Å². The fraction of sp³-hybridized carbons (Fsp3) is 0. The molecule has 0 aromatic rings. The summed E-state index contributed by atoms with van der Waals surface area (Å²) in [6.45, 7) is 0. The Morgan fingerprint density at radius 3 is 0.667 bits per heavy atom. The zero-order chi connectivity index (χ0) is 9.00. The van der Waals surface area contributed by atoms with Crippen LogP contribution in [0.3, 0.4) is 0 Å². The van der Waals surface area contributed by atoms with Crippen LogP contribution in [0.15, 0.2) is 0 Å². The molecule has 0 heterocycles. The van der Waals surface area contributed by atoms with Crippen LogP contribution in [-0.4, -0.2) is 0 Å². The Kier molecular flexibility index (Phi) is 17.4. The van der Waals surface area contributed by atoms with Crippen molar-refractivity contribution in [3.05, 3.63) is 0 Å². The molecule has 8 nitrogen and oxygen atoms in total. The van der Waals surface area contributed by atoms with Crippen LogP contribution < -0.4 is 48.2 Å². The quantitative estimate of drug-likeness (QED) is 0.300. The van der Waals surface area contributed by atoms with Crippen molar-refractivity contribution in [2.45, 2.75) is 0 Å². The number of hydrogen-bond acceptors (Lipinski definition) is 8. The van der Waals surface area contributed by atoms with Crippen molar-refractivity contribution in [2.75, 3.05) is 0 Å². The van der Waals surface area contributed by atoms with Crippen LogP contribution in [0.4, 0.5) is 0 Å². The van der Waals surface area contributed by atoms with E-state index in [0.717, 1.165) is 0 Å². The van der Waals surface area contributed by atoms with E-state index in [-0.39, 0.29) is 37.4 Å². The van der Waals surface area contributed by atoms with E-state index >= 15 is 0 Å². The molecular formula is LiO8P2V. The first-order valence-corrected chi connectivity index (χ1v) is 4.38. The summed E-state index contributed by atoms with van der Waals surface area (Å²) in [6, 6.07) is 0. The van der Waals surface area contributed by atoms with Gasteiger partial charge in [-0.15, -0.1) is 0 Å². The monoisotopic (exact) mass is 248 g/mol. The Morgan fingerprint density at radius 1 is 0.667 bits per heavy atom. The van der Waals surface area contributed by atoms with E-state index in [1.165, 1.54) is 0 Å². The van der Waals surface area contributed by atoms with Crippen molar-refractivity contribution in [1.29, 1.82) is 0 Å². The van der Waals surface area contributed by atoms with Crippen molar-refractivity contribution in [3.63, 3.8) is 0 Å². The molecule has 0 amide bonds. The molecule has 0 radical (unpaired) electrons. The predicted octanol–water partition coefficient (Wildman–Crippen LogP) is -8.65. The maximum atomic E-state index is 8.55. The summed E-state index contributed by atoms with van der Waals surface area (Å²) < 4.78 is 17.1. The number of hydrogen-bond donors (Lipinski definition) is 0. The summed E-state index contributed by atoms with van der Waals surface area (Å²) in [6.07, 6.45) is 0. The molecule has 0 bridgehead atoms. The third kappa shape index (κ3) is 628. The Morgan fingerprint density at radius 2 is 0.667 bits per heavy atom. The zero-order valence-electron chi connectivity index (χ0n) is 5.61. The minimum atomic E-state index is -5.39. The van der Waals surface area contributed by atoms with Gasteiger partial charge in [-0.1, -0.05) is 0 Å². The molecule has 0 atom stereocenters. The second kappa shape index (κ2) is 8.98. The molecule has 0 aliphatic heterocycles. The summed E-state index contributed by atoms with van der Waals surface area (Å²) in [5.74, 6) is 0. The minimum absolute atomic E-state index is 0. The van der Waals surface area contributed by atoms with E-state index in [4.69, 9.17) is 38.5 Å². The molecule has 0 N–H and O–H groups in total. The van der Waals surface area contributed by atoms with Gasteiger partial charge in [-0.3, -0.25) is 0 Å². The minimum Gasteiger partial charge on any atom is -0.822 e. The molecule has 12 heavy (non-hydrogen) atoms. The zero-order valence-corrected chi connectivity index (χ0v) is 8.79. The Labute approximate surface area is 91.6 Å². The van der Waals surface area contributed by atoms with E-state index in [0.29, 0.717) is 0 Å². The summed E-state index contributed by atoms with van der Waals surface area (Å²) >= 11 is 0. The third-order valence-electron chi connectivity index (χ3n) is 0. The Hall–Kier alpha value is 1.40. The molecule has 0 rings (SSSR count). The third-order valence-corrected chi connectivity index (χ3v) is 0. The fourth-order valence-corrected chi connectivity index (χ4v) is 0. The van der Waals surface area contributed by atoms with Crippen LogP contribution in [0.1, 0.15) is 0 Å². The van der Waals surface area contributed by atoms with E-state index in [9.17, 15) is 0 Å². The van der Waals surface area contributed by atoms with Gasteiger partial charge in [0.25, 0.3) is 0 Å². The molecular weight excluding hydrogens is 248 g/mol. The molecule has 0 unspecified atom stereocenters. The maximum Gasteiger partial charge on any atom is 5.00 e. The molecule has 0 aromatic carbocycles. The molecule has 0 fully saturated rings. The van der Waals surface area contributed by atoms with Crippen LogP contribution in [0.5, 0.6) is 0 Å². The normalized spacial score (nSPS) is 9.83. The van der Waals surface area contributed by atoms with Crippen LogP contribution >= 0.6 is 15.6 Å². The van der Waals surface area contributed by atoms with Crippen LogP contribution in [0, 0.1) is 0 Å². The first-order chi connectivity index (χ1) is 4.00. The summed E-state index contributed by atoms with van der Waals surface area (Å²) in [5.41, 5.74) is 0. The van der Waals surface area contributed by atoms with Crippen molar-refractivity contribution in [3.8, 4) is 0 Å². The molecule has 0 spiro atoms. The first-order valence-electron chi connectivity index (χ1n) is 1.46. The largest absolute Gasteiger partial charge is 5.00 e. The first kappa shape index (κ1) is 23.3. The maximum absolute atomic E-state index is 8.55. The topological polar surface area (TPSA) is 172 Å². The predicted molar refractivity (Wildman–Crippen MR) is 15.2 cm³/mol. The smallest absolute Gasteiger partial charge is 0.822 e. The molecule has 0 saturated carbocycles. The van der Waals surface area contributed by atoms with Crippen LogP contribution in [-0.2, 0) is 27.7 Å². The SMILES string of the molecule is O=P([O-])([O-])[O-].O=P([O-])([O-])[O-].[Li+].[V+5]. The standard InChI is InChI=1S/Li.2H3O4P.V/c;2*1-5(2,3)4;/h;2*(H3,1,2,3,4);/q+1;;;+5/p-6. The van der Waals surface area contributed by atoms with E-state index in [1.54, 1.807) is 0 Å². The van der Waals surface area contributed by atoms with Gasteiger partial charge in [-0.2, -0.15) is 15.6 Å². The molecule has 0 aliphatic rings. The second-order valence-corrected chi connectivity index (χ2v) is 2.68. The van der Waals surface area contributed by atoms with Gasteiger partial charge in [0.1, 0.15) is 0 Å². The van der Waals surface area contributed by atoms with Gasteiger partial charge in [0.05, 0.1) is 0 Å². The van der Waals surface area contributed by atoms with Crippen LogP contribution in [0.25, 0.3) is 0 Å². The van der Waals surface area contributed by atoms with Crippen LogP contribution in [0.2, 0.25) is 0 Å². The molecule has 0 aliphatic carbocycles. The van der Waals surface area contributed by atoms with Gasteiger partial charge in [0.15, 0.2) is 0 Å². The van der Waals surface area contributed by atoms with Gasteiger partial charge in [0, 0.05) is 0 Å². The van der Waals surface area contributed by atoms with Gasteiger partial charge < -0.3 is 38.5 Å². The van der Waals surface area contributed by atoms with E-state index in [1.807, 2.05) is 0 Å². The van der Waals surface area contributed by atoms with Crippen molar-refractivity contribution in [2.24, 2.45) is 0 Å². The summed E-state index contributed by atoms with van der Waals surface area (Å²) in [5, 5.41) is 0. The molecule has 64 valence electrons. The van der Waals surface area contributed by atoms with Gasteiger partial charge in [-0.25, -0.2) is 0 Å². The summed E-state index contributed by atoms with van der Waals surface area (Å²) in [4.78, 5) is 51.3. The van der Waals surface area contributed by atoms with Gasteiger partial charge in [0.2, 0.25) is 0 Å². The fourth-order valence-electron chi connectivity index (χ4n) is 0. The van der Waals surface area contributed by atoms with E-state index < -0.39 is 15.6 Å². The van der Waals surface area contributed by atoms with Gasteiger partial charge >= 0.3 is 37.4 Å². The van der Waals surface area contributed by atoms with E-state index in [2.05, 4.69) is 0 Å². The Bertz CT molecular complexity index is 129. The summed E-state index contributed by atoms with van der Waals surface area (Å²) in [7, 11) is -10.8. The molecule has 0 aromatic heterocycles. The average molecular weight is 248 g/mol. The van der Waals surface area contributed by atoms with Gasteiger partial charge in [-0.05, 0) is 0 Å². The molecule has 0 saturated heterocycles. The second-order valence-electron chi connectivity index (χ2n) is 0.894. The number of phosphoric acid groups is 2. The number of rotatable bonds is 0. The van der Waals surface area contributed by atoms with Crippen molar-refractivity contribution in [1.82, 2.24) is 0 Å². The molecule has 12 heteroatoms. The Balaban J connectivity index is -0.0000000457. The van der Waals surface area contributed by atoms with Crippen molar-refractivity contribution >= 4 is 15.6 Å².